The molecule has 0 fully saturated rings. The Bertz CT molecular complexity index is 107. The lowest BCUT2D eigenvalue weighted by molar-refractivity contribution is 1.12. The van der Waals surface area contributed by atoms with Crippen molar-refractivity contribution < 1.29 is 0 Å². The molecule has 0 saturated heterocycles. The van der Waals surface area contributed by atoms with Crippen LogP contribution >= 0.6 is 0 Å². The van der Waals surface area contributed by atoms with Gasteiger partial charge in [-0.15, -0.1) is 0 Å². The van der Waals surface area contributed by atoms with Crippen LogP contribution in [0.1, 0.15) is 20.3 Å². The lowest BCUT2D eigenvalue weighted by Crippen LogP contribution is -1.75. The SMILES string of the molecule is [CH2]C=C(C)CC(=C)C. The molecule has 1 radical (unpaired) electrons. The van der Waals surface area contributed by atoms with Gasteiger partial charge in [0.15, 0.2) is 0 Å². The van der Waals surface area contributed by atoms with Gasteiger partial charge in [-0.3, -0.25) is 0 Å². The molecule has 8 heavy (non-hydrogen) atoms. The highest BCUT2D eigenvalue weighted by Gasteiger charge is 1.85. The van der Waals surface area contributed by atoms with E-state index < -0.39 is 0 Å². The third-order valence-electron chi connectivity index (χ3n) is 0.929. The molecule has 0 aliphatic heterocycles. The maximum Gasteiger partial charge on any atom is -0.0117 e. The summed E-state index contributed by atoms with van der Waals surface area (Å²) in [6.07, 6.45) is 2.86. The molecular weight excluding hydrogens is 96.1 g/mol. The second-order valence-corrected chi connectivity index (χ2v) is 2.18. The molecule has 0 aromatic heterocycles. The zero-order chi connectivity index (χ0) is 6.57. The van der Waals surface area contributed by atoms with E-state index in [4.69, 9.17) is 0 Å². The van der Waals surface area contributed by atoms with Crippen LogP contribution in [0, 0.1) is 6.92 Å². The van der Waals surface area contributed by atoms with Gasteiger partial charge >= 0.3 is 0 Å². The molecule has 0 heterocycles. The normalized spacial score (nSPS) is 11.6. The molecule has 0 aliphatic carbocycles. The quantitative estimate of drug-likeness (QED) is 0.478. The minimum Gasteiger partial charge on any atom is -0.0998 e. The van der Waals surface area contributed by atoms with Gasteiger partial charge in [-0.2, -0.15) is 0 Å². The highest BCUT2D eigenvalue weighted by molar-refractivity contribution is 5.09. The summed E-state index contributed by atoms with van der Waals surface area (Å²) in [6, 6.07) is 0. The molecule has 0 atom stereocenters. The second-order valence-electron chi connectivity index (χ2n) is 2.18. The smallest absolute Gasteiger partial charge is 0.0117 e. The van der Waals surface area contributed by atoms with E-state index in [1.54, 1.807) is 0 Å². The third kappa shape index (κ3) is 3.66. The van der Waals surface area contributed by atoms with Crippen LogP contribution in [-0.2, 0) is 0 Å². The molecule has 0 amide bonds. The van der Waals surface area contributed by atoms with Crippen LogP contribution in [0.25, 0.3) is 0 Å². The summed E-state index contributed by atoms with van der Waals surface area (Å²) >= 11 is 0. The van der Waals surface area contributed by atoms with Gasteiger partial charge in [0.05, 0.1) is 0 Å². The Kier molecular flexibility index (Phi) is 3.25. The van der Waals surface area contributed by atoms with Crippen molar-refractivity contribution in [3.63, 3.8) is 0 Å². The Hall–Kier alpha value is -0.520. The fourth-order valence-electron chi connectivity index (χ4n) is 0.548. The summed E-state index contributed by atoms with van der Waals surface area (Å²) < 4.78 is 0. The van der Waals surface area contributed by atoms with Crippen LogP contribution in [-0.4, -0.2) is 0 Å². The molecule has 0 nitrogen and oxygen atoms in total. The maximum atomic E-state index is 3.77. The van der Waals surface area contributed by atoms with Gasteiger partial charge in [0.1, 0.15) is 0 Å². The van der Waals surface area contributed by atoms with Crippen LogP contribution in [0.2, 0.25) is 0 Å². The average molecular weight is 109 g/mol. The Morgan fingerprint density at radius 1 is 1.50 bits per heavy atom. The minimum absolute atomic E-state index is 0.990. The van der Waals surface area contributed by atoms with E-state index in [1.165, 1.54) is 11.1 Å². The molecule has 0 aliphatic rings. The molecular formula is C8H13. The molecule has 0 aromatic carbocycles. The molecule has 0 saturated carbocycles. The van der Waals surface area contributed by atoms with Crippen molar-refractivity contribution in [3.8, 4) is 0 Å². The fraction of sp³-hybridized carbons (Fsp3) is 0.375. The Labute approximate surface area is 51.9 Å². The van der Waals surface area contributed by atoms with Crippen LogP contribution < -0.4 is 0 Å². The van der Waals surface area contributed by atoms with Gasteiger partial charge in [0.2, 0.25) is 0 Å². The number of hydrogen-bond donors (Lipinski definition) is 0. The fourth-order valence-corrected chi connectivity index (χ4v) is 0.548. The van der Waals surface area contributed by atoms with Gasteiger partial charge < -0.3 is 0 Å². The first-order valence-corrected chi connectivity index (χ1v) is 2.76. The summed E-state index contributed by atoms with van der Waals surface area (Å²) in [5.41, 5.74) is 2.49. The topological polar surface area (TPSA) is 0 Å². The monoisotopic (exact) mass is 109 g/mol. The van der Waals surface area contributed by atoms with Crippen LogP contribution in [0.4, 0.5) is 0 Å². The summed E-state index contributed by atoms with van der Waals surface area (Å²) in [5, 5.41) is 0. The van der Waals surface area contributed by atoms with Gasteiger partial charge in [0, 0.05) is 0 Å². The first-order chi connectivity index (χ1) is 3.66. The van der Waals surface area contributed by atoms with E-state index in [9.17, 15) is 0 Å². The van der Waals surface area contributed by atoms with E-state index in [0.717, 1.165) is 6.42 Å². The molecule has 0 bridgehead atoms. The van der Waals surface area contributed by atoms with Crippen molar-refractivity contribution in [1.29, 1.82) is 0 Å². The van der Waals surface area contributed by atoms with Crippen molar-refractivity contribution in [2.24, 2.45) is 0 Å². The first-order valence-electron chi connectivity index (χ1n) is 2.76. The lowest BCUT2D eigenvalue weighted by atomic mass is 10.1. The largest absolute Gasteiger partial charge is 0.0998 e. The van der Waals surface area contributed by atoms with E-state index >= 15 is 0 Å². The predicted molar refractivity (Wildman–Crippen MR) is 38.5 cm³/mol. The van der Waals surface area contributed by atoms with E-state index in [0.29, 0.717) is 0 Å². The Morgan fingerprint density at radius 3 is 2.12 bits per heavy atom. The van der Waals surface area contributed by atoms with Gasteiger partial charge in [-0.25, -0.2) is 0 Å². The average Bonchev–Trinajstić information content (AvgIpc) is 1.65. The van der Waals surface area contributed by atoms with Crippen LogP contribution in [0.5, 0.6) is 0 Å². The first kappa shape index (κ1) is 7.48. The van der Waals surface area contributed by atoms with Gasteiger partial charge in [0.25, 0.3) is 0 Å². The zero-order valence-corrected chi connectivity index (χ0v) is 5.70. The van der Waals surface area contributed by atoms with Crippen LogP contribution in [0.15, 0.2) is 23.8 Å². The summed E-state index contributed by atoms with van der Waals surface area (Å²) in [6.45, 7) is 11.5. The minimum atomic E-state index is 0.990. The maximum absolute atomic E-state index is 3.77. The van der Waals surface area contributed by atoms with Crippen molar-refractivity contribution in [1.82, 2.24) is 0 Å². The van der Waals surface area contributed by atoms with Gasteiger partial charge in [-0.1, -0.05) is 23.8 Å². The van der Waals surface area contributed by atoms with Crippen LogP contribution in [0.3, 0.4) is 0 Å². The highest BCUT2D eigenvalue weighted by atomic mass is 13.9. The summed E-state index contributed by atoms with van der Waals surface area (Å²) in [5.74, 6) is 0. The Morgan fingerprint density at radius 2 is 2.00 bits per heavy atom. The second kappa shape index (κ2) is 3.48. The van der Waals surface area contributed by atoms with Gasteiger partial charge in [-0.05, 0) is 27.2 Å². The standard InChI is InChI=1S/C8H13/c1-5-8(4)6-7(2)3/h5H,1-2,6H2,3-4H3. The summed E-state index contributed by atoms with van der Waals surface area (Å²) in [4.78, 5) is 0. The molecule has 0 heteroatoms. The number of rotatable bonds is 2. The van der Waals surface area contributed by atoms with Crippen molar-refractivity contribution >= 4 is 0 Å². The van der Waals surface area contributed by atoms with Crippen molar-refractivity contribution in [3.05, 3.63) is 30.7 Å². The predicted octanol–water partition coefficient (Wildman–Crippen LogP) is 2.73. The van der Waals surface area contributed by atoms with E-state index in [1.807, 2.05) is 13.0 Å². The van der Waals surface area contributed by atoms with Crippen molar-refractivity contribution in [2.45, 2.75) is 20.3 Å². The molecule has 0 aromatic rings. The molecule has 0 unspecified atom stereocenters. The number of allylic oxidation sites excluding steroid dienone is 3. The number of hydrogen-bond acceptors (Lipinski definition) is 0. The van der Waals surface area contributed by atoms with E-state index in [-0.39, 0.29) is 0 Å². The molecule has 0 N–H and O–H groups in total. The molecule has 0 rings (SSSR count). The Balaban J connectivity index is 3.56. The third-order valence-corrected chi connectivity index (χ3v) is 0.929. The lowest BCUT2D eigenvalue weighted by Gasteiger charge is -1.95. The summed E-state index contributed by atoms with van der Waals surface area (Å²) in [7, 11) is 0. The highest BCUT2D eigenvalue weighted by Crippen LogP contribution is 2.05. The molecule has 45 valence electrons. The molecule has 0 spiro atoms. The van der Waals surface area contributed by atoms with E-state index in [2.05, 4.69) is 20.4 Å². The van der Waals surface area contributed by atoms with Crippen molar-refractivity contribution in [2.75, 3.05) is 0 Å². The zero-order valence-electron chi connectivity index (χ0n) is 5.70.